The van der Waals surface area contributed by atoms with Gasteiger partial charge in [-0.15, -0.1) is 0 Å². The number of hydrogen-bond acceptors (Lipinski definition) is 9. The first kappa shape index (κ1) is 29.4. The molecule has 33 heavy (non-hydrogen) atoms. The zero-order valence-electron chi connectivity index (χ0n) is 20.1. The van der Waals surface area contributed by atoms with E-state index < -0.39 is 0 Å². The Balaban J connectivity index is 2.27. The fraction of sp³-hybridized carbons (Fsp3) is 0.818. The van der Waals surface area contributed by atoms with Crippen molar-refractivity contribution in [3.8, 4) is 0 Å². The van der Waals surface area contributed by atoms with Gasteiger partial charge in [0.1, 0.15) is 0 Å². The molecule has 0 radical (unpaired) electrons. The van der Waals surface area contributed by atoms with Crippen LogP contribution in [-0.4, -0.2) is 128 Å². The quantitative estimate of drug-likeness (QED) is 0.231. The Morgan fingerprint density at radius 1 is 0.879 bits per heavy atom. The summed E-state index contributed by atoms with van der Waals surface area (Å²) in [7, 11) is 0. The Morgan fingerprint density at radius 3 is 2.00 bits per heavy atom. The molecule has 1 rings (SSSR count). The van der Waals surface area contributed by atoms with Gasteiger partial charge in [0, 0.05) is 52.4 Å². The number of carbonyl (C=O) groups excluding carboxylic acids is 2. The van der Waals surface area contributed by atoms with Gasteiger partial charge in [0.15, 0.2) is 0 Å². The molecule has 11 heteroatoms. The third-order valence-electron chi connectivity index (χ3n) is 4.87. The number of carbonyl (C=O) groups is 2. The molecule has 0 saturated carbocycles. The highest BCUT2D eigenvalue weighted by molar-refractivity contribution is 5.86. The first-order valence-electron chi connectivity index (χ1n) is 11.8. The van der Waals surface area contributed by atoms with Crippen molar-refractivity contribution in [2.75, 3.05) is 105 Å². The van der Waals surface area contributed by atoms with E-state index in [4.69, 9.17) is 18.9 Å². The van der Waals surface area contributed by atoms with Crippen molar-refractivity contribution >= 4 is 11.8 Å². The topological polar surface area (TPSA) is 122 Å². The maximum Gasteiger partial charge on any atom is 0.243 e. The average Bonchev–Trinajstić information content (AvgIpc) is 2.82. The van der Waals surface area contributed by atoms with E-state index in [1.54, 1.807) is 0 Å². The molecule has 1 aliphatic heterocycles. The van der Waals surface area contributed by atoms with Crippen LogP contribution in [0.5, 0.6) is 0 Å². The van der Waals surface area contributed by atoms with Crippen LogP contribution in [0, 0.1) is 0 Å². The normalized spacial score (nSPS) is 19.5. The summed E-state index contributed by atoms with van der Waals surface area (Å²) in [5.41, 5.74) is 0. The minimum Gasteiger partial charge on any atom is -0.378 e. The fourth-order valence-corrected chi connectivity index (χ4v) is 2.91. The second kappa shape index (κ2) is 21.0. The van der Waals surface area contributed by atoms with E-state index in [2.05, 4.69) is 32.7 Å². The summed E-state index contributed by atoms with van der Waals surface area (Å²) in [6, 6.07) is -0.336. The molecule has 1 aliphatic rings. The van der Waals surface area contributed by atoms with E-state index in [9.17, 15) is 9.59 Å². The summed E-state index contributed by atoms with van der Waals surface area (Å²) >= 11 is 0. The number of nitrogens with zero attached hydrogens (tertiary/aromatic N) is 1. The van der Waals surface area contributed by atoms with Crippen molar-refractivity contribution in [1.82, 2.24) is 26.2 Å². The van der Waals surface area contributed by atoms with Crippen molar-refractivity contribution in [3.05, 3.63) is 12.7 Å². The molecule has 1 fully saturated rings. The van der Waals surface area contributed by atoms with Crippen LogP contribution in [0.1, 0.15) is 6.92 Å². The number of hydrogen-bond donors (Lipinski definition) is 4. The summed E-state index contributed by atoms with van der Waals surface area (Å²) in [5.74, 6) is -0.362. The molecule has 1 unspecified atom stereocenters. The van der Waals surface area contributed by atoms with Crippen LogP contribution in [0.15, 0.2) is 12.7 Å². The Hall–Kier alpha value is -1.60. The molecule has 0 aromatic carbocycles. The molecule has 0 bridgehead atoms. The van der Waals surface area contributed by atoms with Gasteiger partial charge >= 0.3 is 0 Å². The van der Waals surface area contributed by atoms with E-state index in [1.165, 1.54) is 6.08 Å². The molecule has 11 nitrogen and oxygen atoms in total. The molecule has 1 atom stereocenters. The monoisotopic (exact) mass is 473 g/mol. The van der Waals surface area contributed by atoms with Gasteiger partial charge in [0.25, 0.3) is 0 Å². The van der Waals surface area contributed by atoms with Crippen LogP contribution < -0.4 is 21.3 Å². The Kier molecular flexibility index (Phi) is 18.7. The minimum absolute atomic E-state index is 0.107. The van der Waals surface area contributed by atoms with Gasteiger partial charge in [-0.2, -0.15) is 0 Å². The summed E-state index contributed by atoms with van der Waals surface area (Å²) in [6.45, 7) is 15.3. The zero-order chi connectivity index (χ0) is 24.0. The number of ether oxygens (including phenoxy) is 4. The fourth-order valence-electron chi connectivity index (χ4n) is 2.91. The largest absolute Gasteiger partial charge is 0.378 e. The van der Waals surface area contributed by atoms with Crippen LogP contribution in [0.4, 0.5) is 0 Å². The maximum absolute atomic E-state index is 12.2. The minimum atomic E-state index is -0.336. The van der Waals surface area contributed by atoms with Crippen LogP contribution in [0.2, 0.25) is 0 Å². The predicted molar refractivity (Wildman–Crippen MR) is 126 cm³/mol. The van der Waals surface area contributed by atoms with Crippen LogP contribution in [0.25, 0.3) is 0 Å². The van der Waals surface area contributed by atoms with Crippen molar-refractivity contribution in [1.29, 1.82) is 0 Å². The number of rotatable bonds is 9. The summed E-state index contributed by atoms with van der Waals surface area (Å²) in [4.78, 5) is 25.5. The highest BCUT2D eigenvalue weighted by Crippen LogP contribution is 1.92. The summed E-state index contributed by atoms with van der Waals surface area (Å²) < 4.78 is 22.4. The Morgan fingerprint density at radius 2 is 1.42 bits per heavy atom. The van der Waals surface area contributed by atoms with E-state index in [-0.39, 0.29) is 17.9 Å². The van der Waals surface area contributed by atoms with Crippen molar-refractivity contribution < 1.29 is 28.5 Å². The van der Waals surface area contributed by atoms with Gasteiger partial charge in [0.05, 0.1) is 58.9 Å². The average molecular weight is 474 g/mol. The van der Waals surface area contributed by atoms with Gasteiger partial charge in [-0.25, -0.2) is 0 Å². The smallest absolute Gasteiger partial charge is 0.243 e. The second-order valence-electron chi connectivity index (χ2n) is 7.50. The predicted octanol–water partition coefficient (Wildman–Crippen LogP) is -1.65. The molecule has 0 aliphatic carbocycles. The molecule has 4 N–H and O–H groups in total. The van der Waals surface area contributed by atoms with Gasteiger partial charge in [-0.3, -0.25) is 14.5 Å². The van der Waals surface area contributed by atoms with Gasteiger partial charge in [-0.1, -0.05) is 6.58 Å². The molecule has 0 aromatic heterocycles. The highest BCUT2D eigenvalue weighted by Gasteiger charge is 2.12. The lowest BCUT2D eigenvalue weighted by atomic mass is 10.3. The molecule has 1 heterocycles. The third-order valence-corrected chi connectivity index (χ3v) is 4.87. The molecule has 0 aromatic rings. The molecule has 2 amide bonds. The number of nitrogens with one attached hydrogen (secondary N) is 4. The van der Waals surface area contributed by atoms with Gasteiger partial charge in [-0.05, 0) is 13.0 Å². The van der Waals surface area contributed by atoms with Gasteiger partial charge < -0.3 is 40.2 Å². The van der Waals surface area contributed by atoms with E-state index in [1.807, 2.05) is 6.92 Å². The van der Waals surface area contributed by atoms with Crippen molar-refractivity contribution in [2.24, 2.45) is 0 Å². The van der Waals surface area contributed by atoms with Crippen LogP contribution in [0.3, 0.4) is 0 Å². The first-order valence-corrected chi connectivity index (χ1v) is 11.8. The standard InChI is InChI=1S/C22H43N5O6/c1-3-21(28)25-4-5-26-22(29)20(2)24-6-9-27-10-14-32-18-16-30-12-7-23-8-13-31-17-19-33-15-11-27/h3,20,23-24H,1,4-19H2,2H3,(H,25,28)(H,26,29). The summed E-state index contributed by atoms with van der Waals surface area (Å²) in [5, 5.41) is 11.9. The van der Waals surface area contributed by atoms with E-state index in [0.717, 1.165) is 32.7 Å². The first-order chi connectivity index (χ1) is 16.1. The lowest BCUT2D eigenvalue weighted by Crippen LogP contribution is -2.47. The number of amides is 2. The zero-order valence-corrected chi connectivity index (χ0v) is 20.1. The van der Waals surface area contributed by atoms with E-state index >= 15 is 0 Å². The second-order valence-corrected chi connectivity index (χ2v) is 7.50. The highest BCUT2D eigenvalue weighted by atomic mass is 16.5. The van der Waals surface area contributed by atoms with Crippen LogP contribution >= 0.6 is 0 Å². The van der Waals surface area contributed by atoms with Crippen molar-refractivity contribution in [3.63, 3.8) is 0 Å². The molecule has 192 valence electrons. The third kappa shape index (κ3) is 17.5. The molecule has 0 spiro atoms. The maximum atomic E-state index is 12.2. The lowest BCUT2D eigenvalue weighted by Gasteiger charge is -2.23. The molecular formula is C22H43N5O6. The lowest BCUT2D eigenvalue weighted by molar-refractivity contribution is -0.123. The Labute approximate surface area is 197 Å². The molecule has 1 saturated heterocycles. The molecular weight excluding hydrogens is 430 g/mol. The Bertz CT molecular complexity index is 508. The van der Waals surface area contributed by atoms with Crippen molar-refractivity contribution in [2.45, 2.75) is 13.0 Å². The van der Waals surface area contributed by atoms with Gasteiger partial charge in [0.2, 0.25) is 11.8 Å². The SMILES string of the molecule is C=CC(=O)NCCNC(=O)C(C)NCCN1CCOCCOCCNCCOCCOCC1. The summed E-state index contributed by atoms with van der Waals surface area (Å²) in [6.07, 6.45) is 1.20. The van der Waals surface area contributed by atoms with E-state index in [0.29, 0.717) is 72.5 Å². The van der Waals surface area contributed by atoms with Crippen LogP contribution in [-0.2, 0) is 28.5 Å².